The van der Waals surface area contributed by atoms with Gasteiger partial charge in [-0.1, -0.05) is 0 Å². The number of hydrogen-bond acceptors (Lipinski definition) is 3. The second-order valence-electron chi connectivity index (χ2n) is 3.89. The largest absolute Gasteiger partial charge is 0.496 e. The smallest absolute Gasteiger partial charge is 0.127 e. The average molecular weight is 225 g/mol. The molecule has 0 radical (unpaired) electrons. The predicted molar refractivity (Wildman–Crippen MR) is 59.3 cm³/mol. The standard InChI is InChI=1S/C12H16FNO2/c1-8-10(12-7-14-3-4-16-12)5-9(13)6-11(8)15-2/h5-6,12,14H,3-4,7H2,1-2H3. The molecule has 1 atom stereocenters. The number of rotatable bonds is 2. The highest BCUT2D eigenvalue weighted by Gasteiger charge is 2.20. The molecule has 0 spiro atoms. The zero-order chi connectivity index (χ0) is 11.5. The summed E-state index contributed by atoms with van der Waals surface area (Å²) in [6, 6.07) is 2.92. The number of morpholine rings is 1. The lowest BCUT2D eigenvalue weighted by Crippen LogP contribution is -2.33. The van der Waals surface area contributed by atoms with Gasteiger partial charge in [0.1, 0.15) is 11.6 Å². The van der Waals surface area contributed by atoms with E-state index in [1.165, 1.54) is 12.1 Å². The Morgan fingerprint density at radius 2 is 2.31 bits per heavy atom. The van der Waals surface area contributed by atoms with Crippen LogP contribution in [-0.2, 0) is 4.74 Å². The Labute approximate surface area is 94.6 Å². The molecule has 1 unspecified atom stereocenters. The van der Waals surface area contributed by atoms with Crippen molar-refractivity contribution in [2.24, 2.45) is 0 Å². The molecule has 1 aliphatic rings. The molecule has 4 heteroatoms. The van der Waals surface area contributed by atoms with Crippen molar-refractivity contribution in [3.63, 3.8) is 0 Å². The molecular weight excluding hydrogens is 209 g/mol. The fraction of sp³-hybridized carbons (Fsp3) is 0.500. The first-order valence-corrected chi connectivity index (χ1v) is 5.38. The molecule has 0 amide bonds. The number of ether oxygens (including phenoxy) is 2. The van der Waals surface area contributed by atoms with E-state index in [9.17, 15) is 4.39 Å². The van der Waals surface area contributed by atoms with Crippen molar-refractivity contribution in [1.82, 2.24) is 5.32 Å². The molecular formula is C12H16FNO2. The maximum absolute atomic E-state index is 13.4. The van der Waals surface area contributed by atoms with Crippen LogP contribution < -0.4 is 10.1 Å². The van der Waals surface area contributed by atoms with Crippen LogP contribution in [0.3, 0.4) is 0 Å². The van der Waals surface area contributed by atoms with Gasteiger partial charge < -0.3 is 14.8 Å². The molecule has 1 aliphatic heterocycles. The SMILES string of the molecule is COc1cc(F)cc(C2CNCCO2)c1C. The van der Waals surface area contributed by atoms with Gasteiger partial charge in [0, 0.05) is 19.2 Å². The summed E-state index contributed by atoms with van der Waals surface area (Å²) < 4.78 is 24.1. The Morgan fingerprint density at radius 3 is 2.94 bits per heavy atom. The summed E-state index contributed by atoms with van der Waals surface area (Å²) in [5.74, 6) is 0.288. The monoisotopic (exact) mass is 225 g/mol. The quantitative estimate of drug-likeness (QED) is 0.832. The summed E-state index contributed by atoms with van der Waals surface area (Å²) in [5, 5.41) is 3.23. The molecule has 3 nitrogen and oxygen atoms in total. The average Bonchev–Trinajstić information content (AvgIpc) is 2.33. The molecule has 1 aromatic carbocycles. The molecule has 1 saturated heterocycles. The second-order valence-corrected chi connectivity index (χ2v) is 3.89. The van der Waals surface area contributed by atoms with Crippen LogP contribution >= 0.6 is 0 Å². The van der Waals surface area contributed by atoms with Crippen molar-refractivity contribution in [3.8, 4) is 5.75 Å². The van der Waals surface area contributed by atoms with E-state index < -0.39 is 0 Å². The van der Waals surface area contributed by atoms with E-state index in [2.05, 4.69) is 5.32 Å². The molecule has 1 heterocycles. The first-order valence-electron chi connectivity index (χ1n) is 5.38. The van der Waals surface area contributed by atoms with Gasteiger partial charge in [-0.15, -0.1) is 0 Å². The van der Waals surface area contributed by atoms with E-state index in [4.69, 9.17) is 9.47 Å². The van der Waals surface area contributed by atoms with Gasteiger partial charge in [0.25, 0.3) is 0 Å². The maximum atomic E-state index is 13.4. The van der Waals surface area contributed by atoms with Crippen molar-refractivity contribution in [1.29, 1.82) is 0 Å². The van der Waals surface area contributed by atoms with Crippen LogP contribution in [0.5, 0.6) is 5.75 Å². The fourth-order valence-electron chi connectivity index (χ4n) is 1.99. The van der Waals surface area contributed by atoms with E-state index in [0.29, 0.717) is 18.9 Å². The van der Waals surface area contributed by atoms with Crippen LogP contribution in [0, 0.1) is 12.7 Å². The third-order valence-electron chi connectivity index (χ3n) is 2.86. The van der Waals surface area contributed by atoms with Gasteiger partial charge in [-0.25, -0.2) is 4.39 Å². The molecule has 1 aromatic rings. The third kappa shape index (κ3) is 2.18. The Balaban J connectivity index is 2.34. The minimum absolute atomic E-state index is 0.0849. The van der Waals surface area contributed by atoms with Gasteiger partial charge in [0.2, 0.25) is 0 Å². The van der Waals surface area contributed by atoms with E-state index >= 15 is 0 Å². The highest BCUT2D eigenvalue weighted by atomic mass is 19.1. The number of nitrogens with one attached hydrogen (secondary N) is 1. The van der Waals surface area contributed by atoms with E-state index in [1.54, 1.807) is 7.11 Å². The summed E-state index contributed by atoms with van der Waals surface area (Å²) in [4.78, 5) is 0. The van der Waals surface area contributed by atoms with Gasteiger partial charge in [0.15, 0.2) is 0 Å². The zero-order valence-corrected chi connectivity index (χ0v) is 9.55. The highest BCUT2D eigenvalue weighted by molar-refractivity contribution is 5.41. The van der Waals surface area contributed by atoms with E-state index in [-0.39, 0.29) is 11.9 Å². The number of hydrogen-bond donors (Lipinski definition) is 1. The van der Waals surface area contributed by atoms with Crippen LogP contribution in [0.25, 0.3) is 0 Å². The summed E-state index contributed by atoms with van der Waals surface area (Å²) in [5.41, 5.74) is 1.81. The Kier molecular flexibility index (Phi) is 3.41. The van der Waals surface area contributed by atoms with Crippen LogP contribution in [0.2, 0.25) is 0 Å². The number of halogens is 1. The normalized spacial score (nSPS) is 20.8. The van der Waals surface area contributed by atoms with Crippen molar-refractivity contribution < 1.29 is 13.9 Å². The Morgan fingerprint density at radius 1 is 1.50 bits per heavy atom. The second kappa shape index (κ2) is 4.80. The fourth-order valence-corrected chi connectivity index (χ4v) is 1.99. The lowest BCUT2D eigenvalue weighted by Gasteiger charge is -2.25. The topological polar surface area (TPSA) is 30.5 Å². The molecule has 2 rings (SSSR count). The van der Waals surface area contributed by atoms with Crippen LogP contribution in [0.4, 0.5) is 4.39 Å². The van der Waals surface area contributed by atoms with Crippen LogP contribution in [0.1, 0.15) is 17.2 Å². The molecule has 0 aliphatic carbocycles. The van der Waals surface area contributed by atoms with Gasteiger partial charge in [-0.2, -0.15) is 0 Å². The molecule has 1 N–H and O–H groups in total. The zero-order valence-electron chi connectivity index (χ0n) is 9.55. The molecule has 0 aromatic heterocycles. The lowest BCUT2D eigenvalue weighted by molar-refractivity contribution is 0.0270. The third-order valence-corrected chi connectivity index (χ3v) is 2.86. The Hall–Kier alpha value is -1.13. The Bertz CT molecular complexity index is 376. The number of methoxy groups -OCH3 is 1. The van der Waals surface area contributed by atoms with Crippen molar-refractivity contribution in [2.75, 3.05) is 26.8 Å². The lowest BCUT2D eigenvalue weighted by atomic mass is 10.0. The minimum Gasteiger partial charge on any atom is -0.496 e. The van der Waals surface area contributed by atoms with E-state index in [1.807, 2.05) is 6.92 Å². The molecule has 0 bridgehead atoms. The predicted octanol–water partition coefficient (Wildman–Crippen LogP) is 1.80. The van der Waals surface area contributed by atoms with Gasteiger partial charge in [0.05, 0.1) is 19.8 Å². The first-order chi connectivity index (χ1) is 7.72. The summed E-state index contributed by atoms with van der Waals surface area (Å²) in [6.07, 6.45) is -0.0849. The van der Waals surface area contributed by atoms with Gasteiger partial charge in [-0.3, -0.25) is 0 Å². The molecule has 16 heavy (non-hydrogen) atoms. The van der Waals surface area contributed by atoms with Crippen molar-refractivity contribution in [3.05, 3.63) is 29.1 Å². The van der Waals surface area contributed by atoms with Crippen molar-refractivity contribution in [2.45, 2.75) is 13.0 Å². The van der Waals surface area contributed by atoms with E-state index in [0.717, 1.165) is 17.7 Å². The summed E-state index contributed by atoms with van der Waals surface area (Å²) in [6.45, 7) is 4.14. The van der Waals surface area contributed by atoms with Crippen molar-refractivity contribution >= 4 is 0 Å². The van der Waals surface area contributed by atoms with Gasteiger partial charge in [-0.05, 0) is 24.1 Å². The molecule has 1 fully saturated rings. The summed E-state index contributed by atoms with van der Waals surface area (Å²) >= 11 is 0. The molecule has 88 valence electrons. The van der Waals surface area contributed by atoms with Crippen LogP contribution in [-0.4, -0.2) is 26.8 Å². The highest BCUT2D eigenvalue weighted by Crippen LogP contribution is 2.29. The van der Waals surface area contributed by atoms with Gasteiger partial charge >= 0.3 is 0 Å². The van der Waals surface area contributed by atoms with Crippen LogP contribution in [0.15, 0.2) is 12.1 Å². The minimum atomic E-state index is -0.286. The summed E-state index contributed by atoms with van der Waals surface area (Å²) in [7, 11) is 1.55. The molecule has 0 saturated carbocycles. The first kappa shape index (κ1) is 11.4. The maximum Gasteiger partial charge on any atom is 0.127 e. The number of benzene rings is 1.